The summed E-state index contributed by atoms with van der Waals surface area (Å²) < 4.78 is 33.2. The van der Waals surface area contributed by atoms with Crippen molar-refractivity contribution in [2.24, 2.45) is 0 Å². The van der Waals surface area contributed by atoms with Gasteiger partial charge in [0.1, 0.15) is 11.6 Å². The van der Waals surface area contributed by atoms with E-state index in [9.17, 15) is 8.78 Å². The van der Waals surface area contributed by atoms with Gasteiger partial charge in [0.25, 0.3) is 0 Å². The van der Waals surface area contributed by atoms with E-state index < -0.39 is 6.61 Å². The second-order valence-electron chi connectivity index (χ2n) is 6.73. The Hall–Kier alpha value is -2.18. The molecule has 7 heteroatoms. The zero-order valence-corrected chi connectivity index (χ0v) is 15.8. The number of hydrogen-bond acceptors (Lipinski definition) is 3. The van der Waals surface area contributed by atoms with Crippen LogP contribution >= 0.6 is 11.6 Å². The molecule has 1 aromatic heterocycles. The highest BCUT2D eigenvalue weighted by Gasteiger charge is 2.32. The minimum Gasteiger partial charge on any atom is -0.434 e. The first-order chi connectivity index (χ1) is 13.0. The maximum atomic E-state index is 13.1. The average Bonchev–Trinajstić information content (AvgIpc) is 3.20. The van der Waals surface area contributed by atoms with Crippen LogP contribution in [0.2, 0.25) is 5.02 Å². The van der Waals surface area contributed by atoms with Gasteiger partial charge in [0, 0.05) is 23.0 Å². The first-order valence-electron chi connectivity index (χ1n) is 8.91. The molecule has 0 saturated carbocycles. The molecule has 1 aliphatic heterocycles. The summed E-state index contributed by atoms with van der Waals surface area (Å²) in [4.78, 5) is 4.70. The van der Waals surface area contributed by atoms with E-state index in [4.69, 9.17) is 21.3 Å². The van der Waals surface area contributed by atoms with Gasteiger partial charge < -0.3 is 14.6 Å². The summed E-state index contributed by atoms with van der Waals surface area (Å²) in [7, 11) is 1.85. The molecule has 2 aromatic carbocycles. The second-order valence-corrected chi connectivity index (χ2v) is 7.17. The first-order valence-corrected chi connectivity index (χ1v) is 9.28. The number of rotatable bonds is 5. The number of fused-ring (bicyclic) bond motifs is 3. The number of halogens is 3. The highest BCUT2D eigenvalue weighted by molar-refractivity contribution is 6.31. The number of aryl methyl sites for hydroxylation is 1. The number of benzene rings is 2. The van der Waals surface area contributed by atoms with Crippen LogP contribution in [0.5, 0.6) is 5.75 Å². The third kappa shape index (κ3) is 3.17. The van der Waals surface area contributed by atoms with Crippen LogP contribution in [0.1, 0.15) is 42.4 Å². The average molecular weight is 392 g/mol. The van der Waals surface area contributed by atoms with Crippen molar-refractivity contribution in [1.29, 1.82) is 0 Å². The van der Waals surface area contributed by atoms with Gasteiger partial charge in [-0.1, -0.05) is 23.7 Å². The van der Waals surface area contributed by atoms with Crippen molar-refractivity contribution in [3.63, 3.8) is 0 Å². The number of alkyl halides is 2. The quantitative estimate of drug-likeness (QED) is 0.657. The SMILES string of the molecule is CN[C@H](C)c1cccc(OC(F)F)c1[C@H]1CCc2nc3ccc(Cl)cc3n21. The van der Waals surface area contributed by atoms with Gasteiger partial charge in [0.05, 0.1) is 17.1 Å². The van der Waals surface area contributed by atoms with Crippen LogP contribution in [0.15, 0.2) is 36.4 Å². The van der Waals surface area contributed by atoms with Crippen molar-refractivity contribution < 1.29 is 13.5 Å². The Kier molecular flexibility index (Phi) is 4.78. The third-order valence-electron chi connectivity index (χ3n) is 5.23. The lowest BCUT2D eigenvalue weighted by molar-refractivity contribution is -0.0507. The lowest BCUT2D eigenvalue weighted by Crippen LogP contribution is -2.19. The number of hydrogen-bond donors (Lipinski definition) is 1. The molecule has 142 valence electrons. The van der Waals surface area contributed by atoms with Crippen molar-refractivity contribution in [3.05, 3.63) is 58.4 Å². The highest BCUT2D eigenvalue weighted by Crippen LogP contribution is 2.43. The molecular weight excluding hydrogens is 372 g/mol. The largest absolute Gasteiger partial charge is 0.434 e. The van der Waals surface area contributed by atoms with Crippen LogP contribution in [0.25, 0.3) is 11.0 Å². The van der Waals surface area contributed by atoms with Gasteiger partial charge in [0.15, 0.2) is 0 Å². The van der Waals surface area contributed by atoms with Crippen LogP contribution in [-0.4, -0.2) is 23.2 Å². The highest BCUT2D eigenvalue weighted by atomic mass is 35.5. The van der Waals surface area contributed by atoms with Crippen LogP contribution in [0, 0.1) is 0 Å². The lowest BCUT2D eigenvalue weighted by atomic mass is 9.93. The Bertz CT molecular complexity index is 989. The van der Waals surface area contributed by atoms with E-state index in [1.54, 1.807) is 12.1 Å². The maximum Gasteiger partial charge on any atom is 0.387 e. The molecule has 0 unspecified atom stereocenters. The van der Waals surface area contributed by atoms with Crippen LogP contribution in [0.3, 0.4) is 0 Å². The van der Waals surface area contributed by atoms with E-state index in [-0.39, 0.29) is 17.8 Å². The maximum absolute atomic E-state index is 13.1. The molecule has 2 atom stereocenters. The summed E-state index contributed by atoms with van der Waals surface area (Å²) in [5, 5.41) is 3.82. The van der Waals surface area contributed by atoms with Crippen molar-refractivity contribution in [2.75, 3.05) is 7.05 Å². The fraction of sp³-hybridized carbons (Fsp3) is 0.350. The normalized spacial score (nSPS) is 17.5. The van der Waals surface area contributed by atoms with E-state index in [0.29, 0.717) is 5.02 Å². The second kappa shape index (κ2) is 7.09. The Morgan fingerprint density at radius 1 is 1.30 bits per heavy atom. The Morgan fingerprint density at radius 2 is 2.11 bits per heavy atom. The molecule has 0 radical (unpaired) electrons. The Morgan fingerprint density at radius 3 is 2.85 bits per heavy atom. The molecule has 0 amide bonds. The van der Waals surface area contributed by atoms with Gasteiger partial charge in [-0.2, -0.15) is 8.78 Å². The topological polar surface area (TPSA) is 39.1 Å². The monoisotopic (exact) mass is 391 g/mol. The van der Waals surface area contributed by atoms with Gasteiger partial charge in [-0.05, 0) is 50.2 Å². The summed E-state index contributed by atoms with van der Waals surface area (Å²) in [5.41, 5.74) is 3.49. The van der Waals surface area contributed by atoms with E-state index in [0.717, 1.165) is 40.8 Å². The molecule has 1 N–H and O–H groups in total. The lowest BCUT2D eigenvalue weighted by Gasteiger charge is -2.25. The van der Waals surface area contributed by atoms with Crippen molar-refractivity contribution in [1.82, 2.24) is 14.9 Å². The smallest absolute Gasteiger partial charge is 0.387 e. The summed E-state index contributed by atoms with van der Waals surface area (Å²) in [5.74, 6) is 1.15. The molecule has 4 rings (SSSR count). The fourth-order valence-corrected chi connectivity index (χ4v) is 4.12. The minimum absolute atomic E-state index is 0.0105. The Balaban J connectivity index is 1.92. The molecule has 4 nitrogen and oxygen atoms in total. The zero-order chi connectivity index (χ0) is 19.1. The third-order valence-corrected chi connectivity index (χ3v) is 5.46. The molecular formula is C20H20ClF2N3O. The summed E-state index contributed by atoms with van der Waals surface area (Å²) in [6, 6.07) is 10.7. The predicted molar refractivity (Wildman–Crippen MR) is 102 cm³/mol. The molecule has 0 saturated heterocycles. The summed E-state index contributed by atoms with van der Waals surface area (Å²) >= 11 is 6.20. The van der Waals surface area contributed by atoms with Crippen molar-refractivity contribution >= 4 is 22.6 Å². The van der Waals surface area contributed by atoms with E-state index in [1.807, 2.05) is 38.2 Å². The molecule has 27 heavy (non-hydrogen) atoms. The van der Waals surface area contributed by atoms with Crippen molar-refractivity contribution in [2.45, 2.75) is 38.5 Å². The van der Waals surface area contributed by atoms with E-state index in [1.165, 1.54) is 0 Å². The molecule has 0 aliphatic carbocycles. The molecule has 0 bridgehead atoms. The van der Waals surface area contributed by atoms with Gasteiger partial charge in [-0.25, -0.2) is 4.98 Å². The Labute approximate surface area is 161 Å². The van der Waals surface area contributed by atoms with Gasteiger partial charge >= 0.3 is 6.61 Å². The number of imidazole rings is 1. The molecule has 1 aliphatic rings. The van der Waals surface area contributed by atoms with E-state index >= 15 is 0 Å². The van der Waals surface area contributed by atoms with Crippen LogP contribution < -0.4 is 10.1 Å². The number of nitrogens with zero attached hydrogens (tertiary/aromatic N) is 2. The fourth-order valence-electron chi connectivity index (χ4n) is 3.96. The first kappa shape index (κ1) is 18.2. The number of ether oxygens (including phenoxy) is 1. The standard InChI is InChI=1S/C20H20ClF2N3O/c1-11(24-2)13-4-3-5-17(27-20(22)23)19(13)15-8-9-18-25-14-7-6-12(21)10-16(14)26(15)18/h3-7,10-11,15,20,24H,8-9H2,1-2H3/t11-,15-/m1/s1. The van der Waals surface area contributed by atoms with Crippen LogP contribution in [-0.2, 0) is 6.42 Å². The minimum atomic E-state index is -2.88. The van der Waals surface area contributed by atoms with Crippen molar-refractivity contribution in [3.8, 4) is 5.75 Å². The van der Waals surface area contributed by atoms with Gasteiger partial charge in [0.2, 0.25) is 0 Å². The number of nitrogens with one attached hydrogen (secondary N) is 1. The number of aromatic nitrogens is 2. The van der Waals surface area contributed by atoms with Gasteiger partial charge in [-0.15, -0.1) is 0 Å². The summed E-state index contributed by atoms with van der Waals surface area (Å²) in [6.45, 7) is -0.872. The molecule has 2 heterocycles. The predicted octanol–water partition coefficient (Wildman–Crippen LogP) is 5.11. The van der Waals surface area contributed by atoms with E-state index in [2.05, 4.69) is 9.88 Å². The summed E-state index contributed by atoms with van der Waals surface area (Å²) in [6.07, 6.45) is 1.55. The molecule has 0 spiro atoms. The van der Waals surface area contributed by atoms with Crippen LogP contribution in [0.4, 0.5) is 8.78 Å². The molecule has 3 aromatic rings. The zero-order valence-electron chi connectivity index (χ0n) is 15.0. The molecule has 0 fully saturated rings. The van der Waals surface area contributed by atoms with Gasteiger partial charge in [-0.3, -0.25) is 0 Å².